The van der Waals surface area contributed by atoms with E-state index in [-0.39, 0.29) is 18.4 Å². The largest absolute Gasteiger partial charge is 0.341 e. The molecule has 1 rings (SSSR count). The second-order valence-corrected chi connectivity index (χ2v) is 5.82. The molecule has 0 heterocycles. The van der Waals surface area contributed by atoms with Crippen LogP contribution in [0, 0.1) is 0 Å². The number of amides is 2. The zero-order valence-corrected chi connectivity index (χ0v) is 14.4. The molecule has 0 bridgehead atoms. The minimum Gasteiger partial charge on any atom is -0.341 e. The summed E-state index contributed by atoms with van der Waals surface area (Å²) in [5.74, 6) is -0.0934. The molecule has 2 amide bonds. The second-order valence-electron chi connectivity index (χ2n) is 5.38. The van der Waals surface area contributed by atoms with Crippen LogP contribution in [0.4, 0.5) is 0 Å². The van der Waals surface area contributed by atoms with Gasteiger partial charge in [-0.05, 0) is 30.5 Å². The van der Waals surface area contributed by atoms with Crippen molar-refractivity contribution in [1.82, 2.24) is 9.80 Å². The maximum Gasteiger partial charge on any atom is 0.242 e. The Balaban J connectivity index is 2.72. The van der Waals surface area contributed by atoms with Crippen LogP contribution in [0.3, 0.4) is 0 Å². The van der Waals surface area contributed by atoms with Crippen molar-refractivity contribution in [1.29, 1.82) is 0 Å². The molecule has 0 radical (unpaired) electrons. The molecule has 0 atom stereocenters. The molecule has 0 aromatic heterocycles. The first-order chi connectivity index (χ1) is 10.5. The topological polar surface area (TPSA) is 40.6 Å². The van der Waals surface area contributed by atoms with Crippen molar-refractivity contribution >= 4 is 23.4 Å². The zero-order chi connectivity index (χ0) is 16.5. The molecule has 1 aromatic rings. The maximum atomic E-state index is 12.4. The molecule has 0 fully saturated rings. The van der Waals surface area contributed by atoms with Gasteiger partial charge in [-0.2, -0.15) is 0 Å². The summed E-state index contributed by atoms with van der Waals surface area (Å²) in [6.45, 7) is 7.60. The third kappa shape index (κ3) is 6.06. The lowest BCUT2D eigenvalue weighted by Gasteiger charge is -2.26. The Morgan fingerprint density at radius 3 is 2.00 bits per heavy atom. The van der Waals surface area contributed by atoms with Gasteiger partial charge in [-0.25, -0.2) is 0 Å². The summed E-state index contributed by atoms with van der Waals surface area (Å²) in [4.78, 5) is 27.6. The Morgan fingerprint density at radius 1 is 1.00 bits per heavy atom. The summed E-state index contributed by atoms with van der Waals surface area (Å²) in [7, 11) is 0. The SMILES string of the molecule is CCCN(CCC)C(=O)CN(Cc1ccc(Cl)cc1)C(C)=O. The van der Waals surface area contributed by atoms with Gasteiger partial charge in [0.2, 0.25) is 11.8 Å². The van der Waals surface area contributed by atoms with Crippen molar-refractivity contribution in [3.63, 3.8) is 0 Å². The Morgan fingerprint density at radius 2 is 1.55 bits per heavy atom. The fraction of sp³-hybridized carbons (Fsp3) is 0.529. The van der Waals surface area contributed by atoms with Gasteiger partial charge in [-0.1, -0.05) is 37.6 Å². The third-order valence-electron chi connectivity index (χ3n) is 3.40. The van der Waals surface area contributed by atoms with E-state index in [4.69, 9.17) is 11.6 Å². The fourth-order valence-corrected chi connectivity index (χ4v) is 2.38. The average Bonchev–Trinajstić information content (AvgIpc) is 2.48. The van der Waals surface area contributed by atoms with E-state index in [2.05, 4.69) is 0 Å². The van der Waals surface area contributed by atoms with Crippen LogP contribution in [0.25, 0.3) is 0 Å². The van der Waals surface area contributed by atoms with Gasteiger partial charge < -0.3 is 9.80 Å². The highest BCUT2D eigenvalue weighted by Crippen LogP contribution is 2.12. The van der Waals surface area contributed by atoms with E-state index < -0.39 is 0 Å². The van der Waals surface area contributed by atoms with Crippen molar-refractivity contribution in [3.8, 4) is 0 Å². The van der Waals surface area contributed by atoms with Crippen molar-refractivity contribution in [2.45, 2.75) is 40.2 Å². The van der Waals surface area contributed by atoms with Crippen LogP contribution in [-0.4, -0.2) is 41.2 Å². The molecule has 4 nitrogen and oxygen atoms in total. The average molecular weight is 325 g/mol. The lowest BCUT2D eigenvalue weighted by atomic mass is 10.2. The van der Waals surface area contributed by atoms with Crippen LogP contribution >= 0.6 is 11.6 Å². The van der Waals surface area contributed by atoms with Crippen LogP contribution in [0.5, 0.6) is 0 Å². The number of carbonyl (C=O) groups excluding carboxylic acids is 2. The molecule has 0 saturated heterocycles. The van der Waals surface area contributed by atoms with E-state index in [1.54, 1.807) is 17.0 Å². The van der Waals surface area contributed by atoms with E-state index >= 15 is 0 Å². The molecule has 0 N–H and O–H groups in total. The lowest BCUT2D eigenvalue weighted by molar-refractivity contribution is -0.140. The molecular weight excluding hydrogens is 300 g/mol. The highest BCUT2D eigenvalue weighted by molar-refractivity contribution is 6.30. The molecule has 5 heteroatoms. The van der Waals surface area contributed by atoms with E-state index in [0.717, 1.165) is 31.5 Å². The highest BCUT2D eigenvalue weighted by atomic mass is 35.5. The smallest absolute Gasteiger partial charge is 0.242 e. The van der Waals surface area contributed by atoms with Gasteiger partial charge >= 0.3 is 0 Å². The quantitative estimate of drug-likeness (QED) is 0.736. The van der Waals surface area contributed by atoms with Gasteiger partial charge in [0.25, 0.3) is 0 Å². The minimum absolute atomic E-state index is 0.00728. The standard InChI is InChI=1S/C17H25ClN2O2/c1-4-10-19(11-5-2)17(22)13-20(14(3)21)12-15-6-8-16(18)9-7-15/h6-9H,4-5,10-13H2,1-3H3. The van der Waals surface area contributed by atoms with Crippen molar-refractivity contribution < 1.29 is 9.59 Å². The van der Waals surface area contributed by atoms with Gasteiger partial charge in [0.1, 0.15) is 6.54 Å². The normalized spacial score (nSPS) is 10.4. The minimum atomic E-state index is -0.101. The monoisotopic (exact) mass is 324 g/mol. The fourth-order valence-electron chi connectivity index (χ4n) is 2.25. The molecule has 0 aliphatic heterocycles. The summed E-state index contributed by atoms with van der Waals surface area (Å²) in [6, 6.07) is 7.33. The molecule has 0 aliphatic rings. The predicted molar refractivity (Wildman–Crippen MR) is 89.7 cm³/mol. The number of rotatable bonds is 8. The number of nitrogens with zero attached hydrogens (tertiary/aromatic N) is 2. The molecule has 0 unspecified atom stereocenters. The molecule has 0 spiro atoms. The van der Waals surface area contributed by atoms with E-state index in [1.807, 2.05) is 30.9 Å². The van der Waals surface area contributed by atoms with Crippen LogP contribution < -0.4 is 0 Å². The molecule has 22 heavy (non-hydrogen) atoms. The number of halogens is 1. The highest BCUT2D eigenvalue weighted by Gasteiger charge is 2.18. The molecular formula is C17H25ClN2O2. The molecule has 1 aromatic carbocycles. The van der Waals surface area contributed by atoms with Gasteiger partial charge in [0.05, 0.1) is 0 Å². The van der Waals surface area contributed by atoms with Crippen LogP contribution in [-0.2, 0) is 16.1 Å². The van der Waals surface area contributed by atoms with Gasteiger partial charge in [0, 0.05) is 31.6 Å². The Kier molecular flexibility index (Phi) is 7.96. The first-order valence-electron chi connectivity index (χ1n) is 7.75. The lowest BCUT2D eigenvalue weighted by Crippen LogP contribution is -2.42. The van der Waals surface area contributed by atoms with Gasteiger partial charge in [-0.15, -0.1) is 0 Å². The third-order valence-corrected chi connectivity index (χ3v) is 3.65. The number of carbonyl (C=O) groups is 2. The first kappa shape index (κ1) is 18.5. The number of benzene rings is 1. The van der Waals surface area contributed by atoms with E-state index in [9.17, 15) is 9.59 Å². The summed E-state index contributed by atoms with van der Waals surface area (Å²) in [5.41, 5.74) is 0.963. The van der Waals surface area contributed by atoms with Gasteiger partial charge in [0.15, 0.2) is 0 Å². The summed E-state index contributed by atoms with van der Waals surface area (Å²) >= 11 is 5.86. The summed E-state index contributed by atoms with van der Waals surface area (Å²) in [5, 5.41) is 0.659. The number of hydrogen-bond acceptors (Lipinski definition) is 2. The molecule has 122 valence electrons. The first-order valence-corrected chi connectivity index (χ1v) is 8.13. The van der Waals surface area contributed by atoms with Gasteiger partial charge in [-0.3, -0.25) is 9.59 Å². The zero-order valence-electron chi connectivity index (χ0n) is 13.6. The Labute approximate surface area is 138 Å². The molecule has 0 aliphatic carbocycles. The Bertz CT molecular complexity index is 482. The van der Waals surface area contributed by atoms with E-state index in [1.165, 1.54) is 6.92 Å². The maximum absolute atomic E-state index is 12.4. The molecule has 0 saturated carbocycles. The van der Waals surface area contributed by atoms with Crippen molar-refractivity contribution in [3.05, 3.63) is 34.9 Å². The van der Waals surface area contributed by atoms with Crippen LogP contribution in [0.2, 0.25) is 5.02 Å². The summed E-state index contributed by atoms with van der Waals surface area (Å²) in [6.07, 6.45) is 1.84. The Hall–Kier alpha value is -1.55. The van der Waals surface area contributed by atoms with Crippen LogP contribution in [0.15, 0.2) is 24.3 Å². The van der Waals surface area contributed by atoms with E-state index in [0.29, 0.717) is 11.6 Å². The van der Waals surface area contributed by atoms with Crippen molar-refractivity contribution in [2.75, 3.05) is 19.6 Å². The predicted octanol–water partition coefficient (Wildman–Crippen LogP) is 3.34. The second kappa shape index (κ2) is 9.46. The van der Waals surface area contributed by atoms with Crippen molar-refractivity contribution in [2.24, 2.45) is 0 Å². The number of hydrogen-bond donors (Lipinski definition) is 0. The summed E-state index contributed by atoms with van der Waals surface area (Å²) < 4.78 is 0. The van der Waals surface area contributed by atoms with Crippen LogP contribution in [0.1, 0.15) is 39.2 Å².